The Kier molecular flexibility index (Phi) is 5.12. The van der Waals surface area contributed by atoms with Gasteiger partial charge in [0.2, 0.25) is 11.1 Å². The normalized spacial score (nSPS) is 10.6. The van der Waals surface area contributed by atoms with E-state index >= 15 is 0 Å². The van der Waals surface area contributed by atoms with Crippen LogP contribution in [0.25, 0.3) is 5.69 Å². The molecule has 0 fully saturated rings. The first-order valence-corrected chi connectivity index (χ1v) is 8.53. The Morgan fingerprint density at radius 3 is 2.75 bits per heavy atom. The molecule has 0 spiro atoms. The van der Waals surface area contributed by atoms with Gasteiger partial charge in [0, 0.05) is 0 Å². The minimum absolute atomic E-state index is 0.174. The van der Waals surface area contributed by atoms with Crippen LogP contribution < -0.4 is 5.32 Å². The molecule has 0 aliphatic carbocycles. The highest BCUT2D eigenvalue weighted by Crippen LogP contribution is 2.23. The molecule has 0 aliphatic rings. The van der Waals surface area contributed by atoms with Crippen molar-refractivity contribution in [3.63, 3.8) is 0 Å². The minimum atomic E-state index is -0.174. The van der Waals surface area contributed by atoms with Gasteiger partial charge in [0.25, 0.3) is 0 Å². The smallest absolute Gasteiger partial charge is 0.234 e. The number of aryl methyl sites for hydroxylation is 1. The van der Waals surface area contributed by atoms with Gasteiger partial charge < -0.3 is 5.32 Å². The van der Waals surface area contributed by atoms with Crippen molar-refractivity contribution in [2.75, 3.05) is 11.1 Å². The van der Waals surface area contributed by atoms with Gasteiger partial charge in [-0.05, 0) is 41.1 Å². The molecule has 0 radical (unpaired) electrons. The molecule has 122 valence electrons. The Morgan fingerprint density at radius 1 is 1.21 bits per heavy atom. The van der Waals surface area contributed by atoms with Crippen LogP contribution in [0.15, 0.2) is 53.7 Å². The van der Waals surface area contributed by atoms with Crippen LogP contribution in [0, 0.1) is 6.92 Å². The van der Waals surface area contributed by atoms with E-state index in [2.05, 4.69) is 20.8 Å². The maximum Gasteiger partial charge on any atom is 0.234 e. The van der Waals surface area contributed by atoms with Crippen LogP contribution in [0.5, 0.6) is 0 Å². The largest absolute Gasteiger partial charge is 0.324 e. The molecule has 24 heavy (non-hydrogen) atoms. The van der Waals surface area contributed by atoms with Crippen LogP contribution in [-0.4, -0.2) is 31.9 Å². The quantitative estimate of drug-likeness (QED) is 0.707. The van der Waals surface area contributed by atoms with Gasteiger partial charge in [-0.25, -0.2) is 0 Å². The number of hydrogen-bond donors (Lipinski definition) is 1. The van der Waals surface area contributed by atoms with Gasteiger partial charge in [-0.15, -0.1) is 5.10 Å². The summed E-state index contributed by atoms with van der Waals surface area (Å²) < 4.78 is 1.63. The Hall–Kier alpha value is -2.38. The minimum Gasteiger partial charge on any atom is -0.324 e. The number of benzene rings is 2. The van der Waals surface area contributed by atoms with Crippen LogP contribution in [0.1, 0.15) is 5.56 Å². The first-order chi connectivity index (χ1) is 11.6. The van der Waals surface area contributed by atoms with E-state index in [1.165, 1.54) is 11.8 Å². The van der Waals surface area contributed by atoms with Gasteiger partial charge >= 0.3 is 0 Å². The van der Waals surface area contributed by atoms with E-state index in [1.807, 2.05) is 43.3 Å². The Morgan fingerprint density at radius 2 is 1.96 bits per heavy atom. The molecule has 3 aromatic rings. The van der Waals surface area contributed by atoms with Crippen LogP contribution in [-0.2, 0) is 4.79 Å². The predicted octanol–water partition coefficient (Wildman–Crippen LogP) is 3.35. The molecule has 1 amide bonds. The SMILES string of the molecule is Cc1ccccc1-n1nnnc1SCC(=O)Nc1ccccc1Cl. The highest BCUT2D eigenvalue weighted by Gasteiger charge is 2.13. The summed E-state index contributed by atoms with van der Waals surface area (Å²) >= 11 is 7.29. The van der Waals surface area contributed by atoms with Crippen LogP contribution >= 0.6 is 23.4 Å². The van der Waals surface area contributed by atoms with Gasteiger partial charge in [-0.3, -0.25) is 4.79 Å². The number of nitrogens with one attached hydrogen (secondary N) is 1. The molecule has 0 bridgehead atoms. The van der Waals surface area contributed by atoms with Gasteiger partial charge in [-0.2, -0.15) is 4.68 Å². The lowest BCUT2D eigenvalue weighted by Gasteiger charge is -2.08. The van der Waals surface area contributed by atoms with Gasteiger partial charge in [0.15, 0.2) is 0 Å². The maximum absolute atomic E-state index is 12.1. The molecule has 0 saturated carbocycles. The molecule has 0 aliphatic heterocycles. The lowest BCUT2D eigenvalue weighted by Crippen LogP contribution is -2.15. The van der Waals surface area contributed by atoms with Crippen molar-refractivity contribution in [2.45, 2.75) is 12.1 Å². The van der Waals surface area contributed by atoms with Crippen molar-refractivity contribution in [1.29, 1.82) is 0 Å². The molecule has 1 N–H and O–H groups in total. The number of aromatic nitrogens is 4. The summed E-state index contributed by atoms with van der Waals surface area (Å²) in [5, 5.41) is 15.5. The second kappa shape index (κ2) is 7.46. The number of carbonyl (C=O) groups is 1. The first kappa shape index (κ1) is 16.5. The summed E-state index contributed by atoms with van der Waals surface area (Å²) in [6.45, 7) is 1.98. The average Bonchev–Trinajstić information content (AvgIpc) is 3.04. The number of halogens is 1. The number of rotatable bonds is 5. The summed E-state index contributed by atoms with van der Waals surface area (Å²) in [5.41, 5.74) is 2.52. The van der Waals surface area contributed by atoms with Crippen molar-refractivity contribution >= 4 is 35.0 Å². The molecule has 6 nitrogen and oxygen atoms in total. The highest BCUT2D eigenvalue weighted by molar-refractivity contribution is 7.99. The molecule has 8 heteroatoms. The summed E-state index contributed by atoms with van der Waals surface area (Å²) in [6, 6.07) is 14.9. The van der Waals surface area contributed by atoms with Crippen molar-refractivity contribution in [1.82, 2.24) is 20.2 Å². The lowest BCUT2D eigenvalue weighted by molar-refractivity contribution is -0.113. The predicted molar refractivity (Wildman–Crippen MR) is 94.7 cm³/mol. The molecule has 3 rings (SSSR count). The third-order valence-corrected chi connectivity index (χ3v) is 4.51. The second-order valence-electron chi connectivity index (χ2n) is 4.98. The number of amides is 1. The first-order valence-electron chi connectivity index (χ1n) is 7.16. The zero-order valence-corrected chi connectivity index (χ0v) is 14.4. The number of tetrazole rings is 1. The molecule has 2 aromatic carbocycles. The van der Waals surface area contributed by atoms with Crippen LogP contribution in [0.3, 0.4) is 0 Å². The van der Waals surface area contributed by atoms with Crippen molar-refractivity contribution < 1.29 is 4.79 Å². The molecular formula is C16H14ClN5OS. The molecule has 1 aromatic heterocycles. The average molecular weight is 360 g/mol. The van der Waals surface area contributed by atoms with E-state index in [0.29, 0.717) is 15.9 Å². The summed E-state index contributed by atoms with van der Waals surface area (Å²) in [7, 11) is 0. The fourth-order valence-electron chi connectivity index (χ4n) is 2.10. The maximum atomic E-state index is 12.1. The van der Waals surface area contributed by atoms with Crippen LogP contribution in [0.2, 0.25) is 5.02 Å². The number of nitrogens with zero attached hydrogens (tertiary/aromatic N) is 4. The number of hydrogen-bond acceptors (Lipinski definition) is 5. The number of para-hydroxylation sites is 2. The summed E-state index contributed by atoms with van der Waals surface area (Å²) in [5.74, 6) is 0.00438. The number of anilines is 1. The van der Waals surface area contributed by atoms with E-state index in [4.69, 9.17) is 11.6 Å². The Balaban J connectivity index is 1.68. The molecular weight excluding hydrogens is 346 g/mol. The van der Waals surface area contributed by atoms with Crippen LogP contribution in [0.4, 0.5) is 5.69 Å². The third kappa shape index (κ3) is 3.74. The molecule has 1 heterocycles. The van der Waals surface area contributed by atoms with Crippen molar-refractivity contribution in [3.05, 3.63) is 59.1 Å². The molecule has 0 atom stereocenters. The number of carbonyl (C=O) groups excluding carboxylic acids is 1. The van der Waals surface area contributed by atoms with Gasteiger partial charge in [-0.1, -0.05) is 53.7 Å². The lowest BCUT2D eigenvalue weighted by atomic mass is 10.2. The van der Waals surface area contributed by atoms with Gasteiger partial charge in [0.05, 0.1) is 22.2 Å². The fraction of sp³-hybridized carbons (Fsp3) is 0.125. The topological polar surface area (TPSA) is 72.7 Å². The molecule has 0 saturated heterocycles. The van der Waals surface area contributed by atoms with E-state index in [9.17, 15) is 4.79 Å². The fourth-order valence-corrected chi connectivity index (χ4v) is 2.97. The standard InChI is InChI=1S/C16H14ClN5OS/c1-11-6-2-5-9-14(11)22-16(19-20-21-22)24-10-15(23)18-13-8-4-3-7-12(13)17/h2-9H,10H2,1H3,(H,18,23). The summed E-state index contributed by atoms with van der Waals surface area (Å²) in [6.07, 6.45) is 0. The third-order valence-electron chi connectivity index (χ3n) is 3.26. The van der Waals surface area contributed by atoms with Crippen molar-refractivity contribution in [3.8, 4) is 5.69 Å². The van der Waals surface area contributed by atoms with Gasteiger partial charge in [0.1, 0.15) is 0 Å². The van der Waals surface area contributed by atoms with E-state index in [-0.39, 0.29) is 11.7 Å². The monoisotopic (exact) mass is 359 g/mol. The summed E-state index contributed by atoms with van der Waals surface area (Å²) in [4.78, 5) is 12.1. The highest BCUT2D eigenvalue weighted by atomic mass is 35.5. The Bertz CT molecular complexity index is 867. The van der Waals surface area contributed by atoms with E-state index in [0.717, 1.165) is 11.3 Å². The van der Waals surface area contributed by atoms with Crippen molar-refractivity contribution in [2.24, 2.45) is 0 Å². The zero-order chi connectivity index (χ0) is 16.9. The second-order valence-corrected chi connectivity index (χ2v) is 6.33. The number of thioether (sulfide) groups is 1. The Labute approximate surface area is 148 Å². The van der Waals surface area contributed by atoms with E-state index < -0.39 is 0 Å². The zero-order valence-electron chi connectivity index (χ0n) is 12.8. The molecule has 0 unspecified atom stereocenters. The van der Waals surface area contributed by atoms with E-state index in [1.54, 1.807) is 16.8 Å².